The summed E-state index contributed by atoms with van der Waals surface area (Å²) in [6.45, 7) is -0.909. The fraction of sp³-hybridized carbons (Fsp3) is 0.571. The molecule has 20 heavy (non-hydrogen) atoms. The molecule has 0 unspecified atom stereocenters. The van der Waals surface area contributed by atoms with Crippen LogP contribution in [0.25, 0.3) is 0 Å². The molecule has 0 aliphatic heterocycles. The standard InChI is InChI=1S/C14H18F3NO2/c1-8-2-4-9(5-3-8)19-13-7-12(20-14(16)17)10(15)6-11(13)18/h6-9,14H,2-5,18H2,1H3. The maximum absolute atomic E-state index is 13.4. The minimum Gasteiger partial charge on any atom is -0.488 e. The van der Waals surface area contributed by atoms with Gasteiger partial charge in [-0.15, -0.1) is 0 Å². The van der Waals surface area contributed by atoms with E-state index in [-0.39, 0.29) is 17.5 Å². The van der Waals surface area contributed by atoms with Gasteiger partial charge < -0.3 is 15.2 Å². The highest BCUT2D eigenvalue weighted by atomic mass is 19.3. The molecule has 1 aliphatic rings. The number of alkyl halides is 2. The molecular formula is C14H18F3NO2. The summed E-state index contributed by atoms with van der Waals surface area (Å²) < 4.78 is 47.6. The molecule has 1 fully saturated rings. The number of hydrogen-bond acceptors (Lipinski definition) is 3. The Morgan fingerprint density at radius 1 is 1.15 bits per heavy atom. The first kappa shape index (κ1) is 14.8. The highest BCUT2D eigenvalue weighted by Crippen LogP contribution is 2.34. The van der Waals surface area contributed by atoms with Gasteiger partial charge in [-0.2, -0.15) is 8.78 Å². The van der Waals surface area contributed by atoms with Crippen LogP contribution in [0.5, 0.6) is 11.5 Å². The Bertz CT molecular complexity index is 460. The van der Waals surface area contributed by atoms with Gasteiger partial charge in [-0.25, -0.2) is 4.39 Å². The quantitative estimate of drug-likeness (QED) is 0.853. The Morgan fingerprint density at radius 2 is 1.80 bits per heavy atom. The number of rotatable bonds is 4. The normalized spacial score (nSPS) is 22.9. The van der Waals surface area contributed by atoms with Gasteiger partial charge in [0.05, 0.1) is 11.8 Å². The molecule has 0 heterocycles. The number of anilines is 1. The van der Waals surface area contributed by atoms with Gasteiger partial charge in [-0.05, 0) is 31.6 Å². The average molecular weight is 289 g/mol. The highest BCUT2D eigenvalue weighted by molar-refractivity contribution is 5.56. The summed E-state index contributed by atoms with van der Waals surface area (Å²) in [6, 6.07) is 2.04. The summed E-state index contributed by atoms with van der Waals surface area (Å²) in [7, 11) is 0. The molecule has 3 nitrogen and oxygen atoms in total. The summed E-state index contributed by atoms with van der Waals surface area (Å²) >= 11 is 0. The first-order valence-corrected chi connectivity index (χ1v) is 6.66. The molecule has 0 amide bonds. The summed E-state index contributed by atoms with van der Waals surface area (Å²) in [6.07, 6.45) is 3.84. The van der Waals surface area contributed by atoms with Crippen LogP contribution in [0, 0.1) is 11.7 Å². The number of ether oxygens (including phenoxy) is 2. The molecule has 0 atom stereocenters. The van der Waals surface area contributed by atoms with Gasteiger partial charge in [-0.1, -0.05) is 6.92 Å². The zero-order chi connectivity index (χ0) is 14.7. The second-order valence-corrected chi connectivity index (χ2v) is 5.20. The van der Waals surface area contributed by atoms with Gasteiger partial charge in [0.1, 0.15) is 5.75 Å². The van der Waals surface area contributed by atoms with Gasteiger partial charge in [0.2, 0.25) is 0 Å². The summed E-state index contributed by atoms with van der Waals surface area (Å²) in [5.41, 5.74) is 5.74. The van der Waals surface area contributed by atoms with E-state index < -0.39 is 18.2 Å². The lowest BCUT2D eigenvalue weighted by Crippen LogP contribution is -2.23. The van der Waals surface area contributed by atoms with Gasteiger partial charge in [0, 0.05) is 12.1 Å². The zero-order valence-corrected chi connectivity index (χ0v) is 11.2. The van der Waals surface area contributed by atoms with Crippen molar-refractivity contribution in [3.05, 3.63) is 17.9 Å². The third kappa shape index (κ3) is 3.71. The number of nitrogen functional groups attached to an aromatic ring is 1. The van der Waals surface area contributed by atoms with Crippen LogP contribution in [0.15, 0.2) is 12.1 Å². The topological polar surface area (TPSA) is 44.5 Å². The Balaban J connectivity index is 2.10. The molecule has 1 saturated carbocycles. The maximum atomic E-state index is 13.4. The van der Waals surface area contributed by atoms with Crippen LogP contribution in [0.4, 0.5) is 18.9 Å². The molecule has 1 aliphatic carbocycles. The molecule has 2 N–H and O–H groups in total. The molecule has 112 valence electrons. The first-order valence-electron chi connectivity index (χ1n) is 6.66. The second kappa shape index (κ2) is 6.24. The summed E-state index contributed by atoms with van der Waals surface area (Å²) in [5.74, 6) is -0.611. The molecule has 6 heteroatoms. The Kier molecular flexibility index (Phi) is 4.62. The van der Waals surface area contributed by atoms with Crippen molar-refractivity contribution in [1.29, 1.82) is 0 Å². The molecular weight excluding hydrogens is 271 g/mol. The minimum absolute atomic E-state index is 0.0154. The largest absolute Gasteiger partial charge is 0.488 e. The van der Waals surface area contributed by atoms with Crippen molar-refractivity contribution < 1.29 is 22.6 Å². The van der Waals surface area contributed by atoms with Crippen molar-refractivity contribution in [3.8, 4) is 11.5 Å². The number of halogens is 3. The van der Waals surface area contributed by atoms with Crippen molar-refractivity contribution in [1.82, 2.24) is 0 Å². The third-order valence-electron chi connectivity index (χ3n) is 3.54. The van der Waals surface area contributed by atoms with Crippen LogP contribution in [-0.4, -0.2) is 12.7 Å². The van der Waals surface area contributed by atoms with Crippen molar-refractivity contribution in [3.63, 3.8) is 0 Å². The fourth-order valence-corrected chi connectivity index (χ4v) is 2.37. The number of benzene rings is 1. The van der Waals surface area contributed by atoms with Crippen molar-refractivity contribution in [2.75, 3.05) is 5.73 Å². The van der Waals surface area contributed by atoms with E-state index >= 15 is 0 Å². The Morgan fingerprint density at radius 3 is 2.40 bits per heavy atom. The van der Waals surface area contributed by atoms with Crippen LogP contribution in [0.3, 0.4) is 0 Å². The fourth-order valence-electron chi connectivity index (χ4n) is 2.37. The average Bonchev–Trinajstić information content (AvgIpc) is 2.37. The predicted molar refractivity (Wildman–Crippen MR) is 69.5 cm³/mol. The molecule has 0 aromatic heterocycles. The van der Waals surface area contributed by atoms with E-state index in [0.29, 0.717) is 5.92 Å². The van der Waals surface area contributed by atoms with Crippen LogP contribution in [0.1, 0.15) is 32.6 Å². The van der Waals surface area contributed by atoms with Gasteiger partial charge in [0.25, 0.3) is 0 Å². The summed E-state index contributed by atoms with van der Waals surface area (Å²) in [5, 5.41) is 0. The number of nitrogens with two attached hydrogens (primary N) is 1. The maximum Gasteiger partial charge on any atom is 0.387 e. The van der Waals surface area contributed by atoms with Crippen LogP contribution in [0.2, 0.25) is 0 Å². The zero-order valence-electron chi connectivity index (χ0n) is 11.2. The van der Waals surface area contributed by atoms with E-state index in [9.17, 15) is 13.2 Å². The lowest BCUT2D eigenvalue weighted by atomic mass is 9.89. The monoisotopic (exact) mass is 289 g/mol. The van der Waals surface area contributed by atoms with Gasteiger partial charge in [-0.3, -0.25) is 0 Å². The molecule has 1 aromatic rings. The van der Waals surface area contributed by atoms with Crippen molar-refractivity contribution in [2.45, 2.75) is 45.3 Å². The number of hydrogen-bond donors (Lipinski definition) is 1. The molecule has 1 aromatic carbocycles. The van der Waals surface area contributed by atoms with E-state index in [4.69, 9.17) is 10.5 Å². The van der Waals surface area contributed by atoms with E-state index in [1.807, 2.05) is 0 Å². The smallest absolute Gasteiger partial charge is 0.387 e. The van der Waals surface area contributed by atoms with Gasteiger partial charge >= 0.3 is 6.61 Å². The van der Waals surface area contributed by atoms with Crippen molar-refractivity contribution >= 4 is 5.69 Å². The lowest BCUT2D eigenvalue weighted by molar-refractivity contribution is -0.0523. The minimum atomic E-state index is -3.09. The predicted octanol–water partition coefficient (Wildman–Crippen LogP) is 3.97. The van der Waals surface area contributed by atoms with Crippen LogP contribution < -0.4 is 15.2 Å². The molecule has 0 spiro atoms. The molecule has 2 rings (SSSR count). The van der Waals surface area contributed by atoms with Crippen LogP contribution >= 0.6 is 0 Å². The molecule has 0 saturated heterocycles. The second-order valence-electron chi connectivity index (χ2n) is 5.20. The Hall–Kier alpha value is -1.59. The molecule has 0 bridgehead atoms. The SMILES string of the molecule is CC1CCC(Oc2cc(OC(F)F)c(F)cc2N)CC1. The third-order valence-corrected chi connectivity index (χ3v) is 3.54. The van der Waals surface area contributed by atoms with E-state index in [2.05, 4.69) is 11.7 Å². The summed E-state index contributed by atoms with van der Waals surface area (Å²) in [4.78, 5) is 0. The highest BCUT2D eigenvalue weighted by Gasteiger charge is 2.21. The van der Waals surface area contributed by atoms with Gasteiger partial charge in [0.15, 0.2) is 11.6 Å². The lowest BCUT2D eigenvalue weighted by Gasteiger charge is -2.27. The van der Waals surface area contributed by atoms with E-state index in [1.54, 1.807) is 0 Å². The van der Waals surface area contributed by atoms with E-state index in [1.165, 1.54) is 0 Å². The van der Waals surface area contributed by atoms with Crippen LogP contribution in [-0.2, 0) is 0 Å². The molecule has 0 radical (unpaired) electrons. The Labute approximate surface area is 115 Å². The van der Waals surface area contributed by atoms with E-state index in [0.717, 1.165) is 37.8 Å². The first-order chi connectivity index (χ1) is 9.45. The van der Waals surface area contributed by atoms with Crippen molar-refractivity contribution in [2.24, 2.45) is 5.92 Å².